The maximum Gasteiger partial charge on any atom is 0.170 e. The van der Waals surface area contributed by atoms with Crippen LogP contribution in [0, 0.1) is 0 Å². The molecular weight excluding hydrogens is 544 g/mol. The average Bonchev–Trinajstić information content (AvgIpc) is 3.85. The van der Waals surface area contributed by atoms with E-state index in [9.17, 15) is 0 Å². The molecule has 0 saturated heterocycles. The Bertz CT molecular complexity index is 1580. The zero-order chi connectivity index (χ0) is 30.1. The van der Waals surface area contributed by atoms with Crippen LogP contribution in [0.2, 0.25) is 0 Å². The van der Waals surface area contributed by atoms with Crippen molar-refractivity contribution >= 4 is 24.3 Å². The van der Waals surface area contributed by atoms with Gasteiger partial charge in [-0.15, -0.1) is 0 Å². The summed E-state index contributed by atoms with van der Waals surface area (Å²) in [6.45, 7) is 0. The van der Waals surface area contributed by atoms with Gasteiger partial charge in [0.1, 0.15) is 23.0 Å². The van der Waals surface area contributed by atoms with Crippen LogP contribution in [0.5, 0.6) is 0 Å². The molecule has 0 aliphatic carbocycles. The number of furan rings is 4. The topological polar surface area (TPSA) is 52.6 Å². The molecule has 216 valence electrons. The lowest BCUT2D eigenvalue weighted by Gasteiger charge is -1.90. The first kappa shape index (κ1) is 29.5. The zero-order valence-electron chi connectivity index (χ0n) is 24.1. The summed E-state index contributed by atoms with van der Waals surface area (Å²) in [7, 11) is 0. The van der Waals surface area contributed by atoms with Crippen LogP contribution in [0.15, 0.2) is 188 Å². The van der Waals surface area contributed by atoms with Gasteiger partial charge in [0.25, 0.3) is 0 Å². The minimum absolute atomic E-state index is 0.684. The SMILES string of the molecule is C1=CC=CC=Cc2ccc(o2)-c2ccc(o2)C=CC=CC=CC=CC=CC=Cc2ccc(o2)-c2ccc(o2)C=CC=CC=C1. The lowest BCUT2D eigenvalue weighted by molar-refractivity contribution is 0.515. The van der Waals surface area contributed by atoms with Crippen LogP contribution in [0.4, 0.5) is 0 Å². The molecular formula is C40H32O4. The van der Waals surface area contributed by atoms with E-state index in [0.29, 0.717) is 23.0 Å². The standard InChI is InChI=1S/C40H32O4/c1-2-6-10-14-18-22-34-26-30-39(42-34)40-32-28-36(44-40)24-20-16-12-8-4-3-7-11-15-19-23-35-27-31-38(43-35)37-29-25-33(41-37)21-17-13-9-5-1/h1-32H. The highest BCUT2D eigenvalue weighted by Gasteiger charge is 2.08. The molecule has 4 heteroatoms. The van der Waals surface area contributed by atoms with Crippen molar-refractivity contribution in [2.75, 3.05) is 0 Å². The average molecular weight is 577 g/mol. The summed E-state index contributed by atoms with van der Waals surface area (Å²) in [5.41, 5.74) is 0. The monoisotopic (exact) mass is 576 g/mol. The Morgan fingerprint density at radius 1 is 0.205 bits per heavy atom. The molecule has 4 aromatic heterocycles. The summed E-state index contributed by atoms with van der Waals surface area (Å²) in [5, 5.41) is 0. The molecule has 0 radical (unpaired) electrons. The molecule has 4 aromatic rings. The summed E-state index contributed by atoms with van der Waals surface area (Å²) >= 11 is 0. The smallest absolute Gasteiger partial charge is 0.170 e. The van der Waals surface area contributed by atoms with Gasteiger partial charge < -0.3 is 17.7 Å². The zero-order valence-corrected chi connectivity index (χ0v) is 24.1. The summed E-state index contributed by atoms with van der Waals surface area (Å²) in [6.07, 6.45) is 46.7. The number of fused-ring (bicyclic) bond motifs is 10. The minimum Gasteiger partial charge on any atom is -0.453 e. The van der Waals surface area contributed by atoms with Crippen LogP contribution in [-0.4, -0.2) is 0 Å². The minimum atomic E-state index is 0.684. The lowest BCUT2D eigenvalue weighted by atomic mass is 10.3. The molecule has 0 N–H and O–H groups in total. The van der Waals surface area contributed by atoms with Gasteiger partial charge in [0, 0.05) is 0 Å². The Labute approximate surface area is 257 Å². The predicted molar refractivity (Wildman–Crippen MR) is 182 cm³/mol. The van der Waals surface area contributed by atoms with E-state index in [1.54, 1.807) is 0 Å². The Balaban J connectivity index is 1.26. The van der Waals surface area contributed by atoms with Gasteiger partial charge in [-0.3, -0.25) is 0 Å². The molecule has 0 saturated carbocycles. The van der Waals surface area contributed by atoms with Crippen molar-refractivity contribution in [3.05, 3.63) is 193 Å². The fraction of sp³-hybridized carbons (Fsp3) is 0. The fourth-order valence-electron chi connectivity index (χ4n) is 3.93. The van der Waals surface area contributed by atoms with Gasteiger partial charge in [-0.2, -0.15) is 0 Å². The molecule has 0 atom stereocenters. The van der Waals surface area contributed by atoms with Crippen LogP contribution in [0.3, 0.4) is 0 Å². The summed E-state index contributed by atoms with van der Waals surface area (Å²) in [4.78, 5) is 0. The molecule has 0 fully saturated rings. The van der Waals surface area contributed by atoms with Gasteiger partial charge in [0.15, 0.2) is 23.0 Å². The van der Waals surface area contributed by atoms with E-state index < -0.39 is 0 Å². The third-order valence-corrected chi connectivity index (χ3v) is 6.03. The molecule has 44 heavy (non-hydrogen) atoms. The molecule has 0 spiro atoms. The normalized spacial score (nSPS) is 14.2. The first-order valence-corrected chi connectivity index (χ1v) is 14.3. The molecule has 0 amide bonds. The number of allylic oxidation sites excluding steroid dienone is 20. The third-order valence-electron chi connectivity index (χ3n) is 6.03. The van der Waals surface area contributed by atoms with E-state index >= 15 is 0 Å². The highest BCUT2D eigenvalue weighted by molar-refractivity contribution is 5.59. The van der Waals surface area contributed by atoms with Crippen LogP contribution in [0.1, 0.15) is 23.0 Å². The van der Waals surface area contributed by atoms with Gasteiger partial charge in [0.05, 0.1) is 0 Å². The van der Waals surface area contributed by atoms with Crippen molar-refractivity contribution in [2.45, 2.75) is 0 Å². The first-order valence-electron chi connectivity index (χ1n) is 14.3. The van der Waals surface area contributed by atoms with Crippen LogP contribution in [-0.2, 0) is 0 Å². The van der Waals surface area contributed by atoms with E-state index in [2.05, 4.69) is 0 Å². The lowest BCUT2D eigenvalue weighted by Crippen LogP contribution is -1.65. The van der Waals surface area contributed by atoms with Crippen LogP contribution >= 0.6 is 0 Å². The quantitative estimate of drug-likeness (QED) is 0.209. The Hall–Kier alpha value is -6.00. The van der Waals surface area contributed by atoms with Crippen molar-refractivity contribution in [3.63, 3.8) is 0 Å². The third kappa shape index (κ3) is 9.54. The van der Waals surface area contributed by atoms with Crippen molar-refractivity contribution < 1.29 is 17.7 Å². The molecule has 4 nitrogen and oxygen atoms in total. The first-order chi connectivity index (χ1) is 21.8. The number of hydrogen-bond donors (Lipinski definition) is 0. The molecule has 1 aliphatic rings. The van der Waals surface area contributed by atoms with Crippen molar-refractivity contribution in [3.8, 4) is 23.0 Å². The summed E-state index contributed by atoms with van der Waals surface area (Å²) in [6, 6.07) is 15.3. The van der Waals surface area contributed by atoms with Crippen molar-refractivity contribution in [1.29, 1.82) is 0 Å². The van der Waals surface area contributed by atoms with E-state index in [-0.39, 0.29) is 0 Å². The molecule has 0 unspecified atom stereocenters. The van der Waals surface area contributed by atoms with Crippen molar-refractivity contribution in [1.82, 2.24) is 0 Å². The molecule has 5 rings (SSSR count). The van der Waals surface area contributed by atoms with Crippen molar-refractivity contribution in [2.24, 2.45) is 0 Å². The summed E-state index contributed by atoms with van der Waals surface area (Å²) < 4.78 is 23.6. The van der Waals surface area contributed by atoms with Gasteiger partial charge in [0.2, 0.25) is 0 Å². The van der Waals surface area contributed by atoms with Gasteiger partial charge >= 0.3 is 0 Å². The molecule has 8 bridgehead atoms. The number of hydrogen-bond acceptors (Lipinski definition) is 4. The van der Waals surface area contributed by atoms with Crippen LogP contribution < -0.4 is 0 Å². The van der Waals surface area contributed by atoms with E-state index in [4.69, 9.17) is 17.7 Å². The second kappa shape index (κ2) is 16.4. The molecule has 5 heterocycles. The maximum atomic E-state index is 5.90. The summed E-state index contributed by atoms with van der Waals surface area (Å²) in [5.74, 6) is 5.73. The Morgan fingerprint density at radius 2 is 0.386 bits per heavy atom. The van der Waals surface area contributed by atoms with Gasteiger partial charge in [-0.25, -0.2) is 0 Å². The van der Waals surface area contributed by atoms with E-state index in [1.165, 1.54) is 0 Å². The molecule has 0 aromatic carbocycles. The second-order valence-electron chi connectivity index (χ2n) is 9.32. The van der Waals surface area contributed by atoms with E-state index in [0.717, 1.165) is 23.0 Å². The second-order valence-corrected chi connectivity index (χ2v) is 9.32. The maximum absolute atomic E-state index is 5.90. The van der Waals surface area contributed by atoms with Gasteiger partial charge in [-0.05, 0) is 72.8 Å². The fourth-order valence-corrected chi connectivity index (χ4v) is 3.93. The largest absolute Gasteiger partial charge is 0.453 e. The van der Waals surface area contributed by atoms with Crippen LogP contribution in [0.25, 0.3) is 47.3 Å². The Kier molecular flexibility index (Phi) is 11.0. The highest BCUT2D eigenvalue weighted by atomic mass is 16.4. The predicted octanol–water partition coefficient (Wildman–Crippen LogP) is 11.6. The number of rotatable bonds is 0. The Morgan fingerprint density at radius 3 is 0.591 bits per heavy atom. The van der Waals surface area contributed by atoms with E-state index in [1.807, 2.05) is 194 Å². The highest BCUT2D eigenvalue weighted by Crippen LogP contribution is 2.26. The van der Waals surface area contributed by atoms with Gasteiger partial charge in [-0.1, -0.05) is 122 Å². The molecule has 1 aliphatic heterocycles.